The number of morpholine rings is 1. The van der Waals surface area contributed by atoms with Crippen LogP contribution in [0.15, 0.2) is 30.3 Å². The van der Waals surface area contributed by atoms with Gasteiger partial charge in [-0.25, -0.2) is 4.79 Å². The molecule has 3 aliphatic rings. The van der Waals surface area contributed by atoms with Crippen LogP contribution in [0, 0.1) is 5.92 Å². The molecular formula is C20H25N3O4. The van der Waals surface area contributed by atoms with Gasteiger partial charge >= 0.3 is 6.03 Å². The van der Waals surface area contributed by atoms with Crippen LogP contribution in [0.4, 0.5) is 4.79 Å². The Labute approximate surface area is 158 Å². The second-order valence-electron chi connectivity index (χ2n) is 8.16. The van der Waals surface area contributed by atoms with Gasteiger partial charge in [0.15, 0.2) is 0 Å². The quantitative estimate of drug-likeness (QED) is 0.817. The van der Waals surface area contributed by atoms with Gasteiger partial charge in [0.2, 0.25) is 5.91 Å². The van der Waals surface area contributed by atoms with E-state index >= 15 is 0 Å². The lowest BCUT2D eigenvalue weighted by Crippen LogP contribution is -2.51. The van der Waals surface area contributed by atoms with Crippen molar-refractivity contribution in [3.63, 3.8) is 0 Å². The van der Waals surface area contributed by atoms with Gasteiger partial charge in [-0.1, -0.05) is 30.3 Å². The largest absolute Gasteiger partial charge is 0.366 e. The zero-order valence-corrected chi connectivity index (χ0v) is 15.7. The Hall–Kier alpha value is -2.41. The smallest absolute Gasteiger partial charge is 0.325 e. The minimum absolute atomic E-state index is 0.00690. The maximum Gasteiger partial charge on any atom is 0.325 e. The summed E-state index contributed by atoms with van der Waals surface area (Å²) < 4.78 is 6.27. The summed E-state index contributed by atoms with van der Waals surface area (Å²) in [6.45, 7) is 3.99. The molecule has 2 atom stereocenters. The van der Waals surface area contributed by atoms with Crippen LogP contribution in [-0.4, -0.2) is 58.9 Å². The van der Waals surface area contributed by atoms with Crippen molar-refractivity contribution >= 4 is 17.8 Å². The molecule has 27 heavy (non-hydrogen) atoms. The molecule has 3 fully saturated rings. The summed E-state index contributed by atoms with van der Waals surface area (Å²) in [5.74, 6) is -0.0963. The van der Waals surface area contributed by atoms with E-state index < -0.39 is 11.6 Å². The van der Waals surface area contributed by atoms with Crippen molar-refractivity contribution < 1.29 is 19.1 Å². The van der Waals surface area contributed by atoms with Crippen LogP contribution < -0.4 is 5.32 Å². The number of nitrogens with zero attached hydrogens (tertiary/aromatic N) is 2. The average Bonchev–Trinajstić information content (AvgIpc) is 3.47. The number of amides is 4. The second-order valence-corrected chi connectivity index (χ2v) is 8.16. The minimum atomic E-state index is -0.967. The normalized spacial score (nSPS) is 27.6. The van der Waals surface area contributed by atoms with Gasteiger partial charge in [0.05, 0.1) is 12.6 Å². The molecule has 1 saturated carbocycles. The molecule has 144 valence electrons. The first-order chi connectivity index (χ1) is 12.8. The number of rotatable bonds is 4. The summed E-state index contributed by atoms with van der Waals surface area (Å²) >= 11 is 0. The van der Waals surface area contributed by atoms with Gasteiger partial charge in [-0.15, -0.1) is 0 Å². The highest BCUT2D eigenvalue weighted by atomic mass is 16.5. The van der Waals surface area contributed by atoms with E-state index in [-0.39, 0.29) is 30.6 Å². The monoisotopic (exact) mass is 371 g/mol. The molecule has 0 unspecified atom stereocenters. The highest BCUT2D eigenvalue weighted by molar-refractivity contribution is 6.08. The van der Waals surface area contributed by atoms with Crippen molar-refractivity contribution in [2.45, 2.75) is 44.4 Å². The fraction of sp³-hybridized carbons (Fsp3) is 0.550. The molecule has 0 spiro atoms. The third-order valence-electron chi connectivity index (χ3n) is 5.54. The molecule has 2 aliphatic heterocycles. The molecule has 1 N–H and O–H groups in total. The third-order valence-corrected chi connectivity index (χ3v) is 5.54. The van der Waals surface area contributed by atoms with E-state index in [4.69, 9.17) is 4.74 Å². The standard InChI is InChI=1S/C20H25N3O4/c1-20(2)18(25)23(19(26)21-20)12-17(24)22-10-15(13-6-4-3-5-7-13)27-16(11-22)14-8-9-14/h3-7,14-16H,8-12H2,1-2H3,(H,21,26)/t15-,16+/m0/s1. The maximum atomic E-state index is 12.9. The van der Waals surface area contributed by atoms with Gasteiger partial charge in [-0.2, -0.15) is 0 Å². The fourth-order valence-electron chi connectivity index (χ4n) is 3.77. The van der Waals surface area contributed by atoms with E-state index in [9.17, 15) is 14.4 Å². The lowest BCUT2D eigenvalue weighted by molar-refractivity contribution is -0.150. The first kappa shape index (κ1) is 18.0. The number of carbonyl (C=O) groups excluding carboxylic acids is 3. The van der Waals surface area contributed by atoms with E-state index in [2.05, 4.69) is 5.32 Å². The van der Waals surface area contributed by atoms with E-state index in [1.807, 2.05) is 30.3 Å². The highest BCUT2D eigenvalue weighted by Gasteiger charge is 2.46. The van der Waals surface area contributed by atoms with Gasteiger partial charge in [0.1, 0.15) is 18.2 Å². The summed E-state index contributed by atoms with van der Waals surface area (Å²) in [7, 11) is 0. The molecule has 4 amide bonds. The van der Waals surface area contributed by atoms with Crippen LogP contribution in [0.3, 0.4) is 0 Å². The predicted octanol–water partition coefficient (Wildman–Crippen LogP) is 1.70. The van der Waals surface area contributed by atoms with Crippen molar-refractivity contribution in [1.82, 2.24) is 15.1 Å². The average molecular weight is 371 g/mol. The van der Waals surface area contributed by atoms with Crippen LogP contribution in [0.2, 0.25) is 0 Å². The summed E-state index contributed by atoms with van der Waals surface area (Å²) in [5.41, 5.74) is 0.0719. The summed E-state index contributed by atoms with van der Waals surface area (Å²) in [4.78, 5) is 40.1. The number of hydrogen-bond donors (Lipinski definition) is 1. The van der Waals surface area contributed by atoms with Gasteiger partial charge in [-0.05, 0) is 38.2 Å². The Morgan fingerprint density at radius 3 is 2.48 bits per heavy atom. The number of nitrogens with one attached hydrogen (secondary N) is 1. The number of carbonyl (C=O) groups is 3. The van der Waals surface area contributed by atoms with Gasteiger partial charge < -0.3 is 15.0 Å². The molecule has 1 aliphatic carbocycles. The molecule has 2 saturated heterocycles. The van der Waals surface area contributed by atoms with E-state index in [1.54, 1.807) is 18.7 Å². The molecule has 4 rings (SSSR count). The van der Waals surface area contributed by atoms with E-state index in [0.29, 0.717) is 19.0 Å². The zero-order chi connectivity index (χ0) is 19.2. The number of urea groups is 1. The number of hydrogen-bond acceptors (Lipinski definition) is 4. The molecule has 2 heterocycles. The summed E-state index contributed by atoms with van der Waals surface area (Å²) in [6, 6.07) is 9.37. The van der Waals surface area contributed by atoms with Crippen molar-refractivity contribution in [3.8, 4) is 0 Å². The van der Waals surface area contributed by atoms with Crippen molar-refractivity contribution in [2.75, 3.05) is 19.6 Å². The lowest BCUT2D eigenvalue weighted by Gasteiger charge is -2.39. The van der Waals surface area contributed by atoms with Crippen LogP contribution in [-0.2, 0) is 14.3 Å². The molecule has 1 aromatic rings. The van der Waals surface area contributed by atoms with Gasteiger partial charge in [-0.3, -0.25) is 14.5 Å². The third kappa shape index (κ3) is 3.56. The molecule has 0 aromatic heterocycles. The Bertz CT molecular complexity index is 760. The maximum absolute atomic E-state index is 12.9. The number of benzene rings is 1. The first-order valence-corrected chi connectivity index (χ1v) is 9.47. The van der Waals surface area contributed by atoms with Crippen molar-refractivity contribution in [3.05, 3.63) is 35.9 Å². The van der Waals surface area contributed by atoms with Crippen LogP contribution >= 0.6 is 0 Å². The summed E-state index contributed by atoms with van der Waals surface area (Å²) in [6.07, 6.45) is 2.06. The molecule has 0 radical (unpaired) electrons. The SMILES string of the molecule is CC1(C)NC(=O)N(CC(=O)N2C[C@@H](c3ccccc3)O[C@@H](C3CC3)C2)C1=O. The molecule has 7 heteroatoms. The number of imide groups is 1. The Morgan fingerprint density at radius 2 is 1.89 bits per heavy atom. The zero-order valence-electron chi connectivity index (χ0n) is 15.7. The van der Waals surface area contributed by atoms with Crippen LogP contribution in [0.1, 0.15) is 38.4 Å². The lowest BCUT2D eigenvalue weighted by atomic mass is 10.0. The van der Waals surface area contributed by atoms with E-state index in [1.165, 1.54) is 0 Å². The molecule has 7 nitrogen and oxygen atoms in total. The summed E-state index contributed by atoms with van der Waals surface area (Å²) in [5, 5.41) is 2.61. The van der Waals surface area contributed by atoms with E-state index in [0.717, 1.165) is 23.3 Å². The Morgan fingerprint density at radius 1 is 1.19 bits per heavy atom. The molecule has 1 aromatic carbocycles. The van der Waals surface area contributed by atoms with Crippen LogP contribution in [0.25, 0.3) is 0 Å². The fourth-order valence-corrected chi connectivity index (χ4v) is 3.77. The van der Waals surface area contributed by atoms with Crippen molar-refractivity contribution in [2.24, 2.45) is 5.92 Å². The molecular weight excluding hydrogens is 346 g/mol. The molecule has 0 bridgehead atoms. The van der Waals surface area contributed by atoms with Gasteiger partial charge in [0, 0.05) is 6.54 Å². The van der Waals surface area contributed by atoms with Crippen molar-refractivity contribution in [1.29, 1.82) is 0 Å². The topological polar surface area (TPSA) is 79.0 Å². The number of ether oxygens (including phenoxy) is 1. The minimum Gasteiger partial charge on any atom is -0.366 e. The van der Waals surface area contributed by atoms with Gasteiger partial charge in [0.25, 0.3) is 5.91 Å². The highest BCUT2D eigenvalue weighted by Crippen LogP contribution is 2.39. The Balaban J connectivity index is 1.49. The van der Waals surface area contributed by atoms with Crippen LogP contribution in [0.5, 0.6) is 0 Å². The Kier molecular flexibility index (Phi) is 4.42. The predicted molar refractivity (Wildman–Crippen MR) is 97.7 cm³/mol. The first-order valence-electron chi connectivity index (χ1n) is 9.47. The second kappa shape index (κ2) is 6.64.